The molecule has 20 heavy (non-hydrogen) atoms. The number of nitrogens with one attached hydrogen (secondary N) is 1. The van der Waals surface area contributed by atoms with E-state index in [1.807, 2.05) is 0 Å². The van der Waals surface area contributed by atoms with E-state index in [0.717, 1.165) is 19.4 Å². The Morgan fingerprint density at radius 2 is 1.70 bits per heavy atom. The first-order valence-corrected chi connectivity index (χ1v) is 7.92. The van der Waals surface area contributed by atoms with Crippen molar-refractivity contribution in [1.29, 1.82) is 0 Å². The molecule has 0 spiro atoms. The second-order valence-corrected chi connectivity index (χ2v) is 5.09. The summed E-state index contributed by atoms with van der Waals surface area (Å²) in [7, 11) is 0. The van der Waals surface area contributed by atoms with Crippen molar-refractivity contribution in [3.8, 4) is 6.01 Å². The van der Waals surface area contributed by atoms with Gasteiger partial charge in [-0.05, 0) is 24.4 Å². The first-order valence-electron chi connectivity index (χ1n) is 7.54. The normalized spacial score (nSPS) is 10.6. The number of unbranched alkanes of at least 4 members (excludes halogenated alkanes) is 5. The molecule has 1 rings (SSSR count). The van der Waals surface area contributed by atoms with Crippen LogP contribution in [-0.2, 0) is 0 Å². The molecule has 1 heterocycles. The van der Waals surface area contributed by atoms with Crippen molar-refractivity contribution in [2.75, 3.05) is 18.5 Å². The maximum absolute atomic E-state index is 5.84. The van der Waals surface area contributed by atoms with Gasteiger partial charge in [0.2, 0.25) is 11.2 Å². The van der Waals surface area contributed by atoms with Crippen LogP contribution in [-0.4, -0.2) is 28.1 Å². The minimum atomic E-state index is 0.163. The number of nitrogens with zero attached hydrogens (tertiary/aromatic N) is 3. The van der Waals surface area contributed by atoms with E-state index in [-0.39, 0.29) is 5.28 Å². The van der Waals surface area contributed by atoms with E-state index in [0.29, 0.717) is 18.6 Å². The fourth-order valence-corrected chi connectivity index (χ4v) is 1.91. The van der Waals surface area contributed by atoms with Gasteiger partial charge in [-0.2, -0.15) is 15.0 Å². The summed E-state index contributed by atoms with van der Waals surface area (Å²) in [6.45, 7) is 5.72. The molecule has 0 aliphatic rings. The molecule has 114 valence electrons. The number of anilines is 1. The predicted molar refractivity (Wildman–Crippen MR) is 82.5 cm³/mol. The van der Waals surface area contributed by atoms with Gasteiger partial charge < -0.3 is 10.1 Å². The van der Waals surface area contributed by atoms with Crippen LogP contribution in [0.4, 0.5) is 5.95 Å². The number of aromatic nitrogens is 3. The lowest BCUT2D eigenvalue weighted by molar-refractivity contribution is 0.281. The van der Waals surface area contributed by atoms with Gasteiger partial charge in [-0.15, -0.1) is 0 Å². The number of ether oxygens (including phenoxy) is 1. The highest BCUT2D eigenvalue weighted by molar-refractivity contribution is 6.28. The molecule has 0 aromatic carbocycles. The molecule has 0 radical (unpaired) electrons. The summed E-state index contributed by atoms with van der Waals surface area (Å²) in [4.78, 5) is 12.2. The zero-order valence-corrected chi connectivity index (χ0v) is 13.2. The maximum Gasteiger partial charge on any atom is 0.322 e. The standard InChI is InChI=1S/C14H25ClN4O/c1-3-5-6-7-8-9-11-20-14-18-12(15)17-13(19-14)16-10-4-2/h3-11H2,1-2H3,(H,16,17,18,19). The Bertz CT molecular complexity index is 376. The zero-order chi connectivity index (χ0) is 14.6. The number of rotatable bonds is 11. The summed E-state index contributed by atoms with van der Waals surface area (Å²) in [5, 5.41) is 3.24. The Hall–Kier alpha value is -1.10. The SMILES string of the molecule is CCCCCCCCOc1nc(Cl)nc(NCCC)n1. The van der Waals surface area contributed by atoms with E-state index in [2.05, 4.69) is 34.1 Å². The highest BCUT2D eigenvalue weighted by Crippen LogP contribution is 2.12. The average molecular weight is 301 g/mol. The van der Waals surface area contributed by atoms with Crippen molar-refractivity contribution in [2.45, 2.75) is 58.8 Å². The Morgan fingerprint density at radius 3 is 2.45 bits per heavy atom. The summed E-state index contributed by atoms with van der Waals surface area (Å²) < 4.78 is 5.53. The molecule has 1 N–H and O–H groups in total. The van der Waals surface area contributed by atoms with E-state index in [1.54, 1.807) is 0 Å². The van der Waals surface area contributed by atoms with Gasteiger partial charge in [-0.3, -0.25) is 0 Å². The smallest absolute Gasteiger partial charge is 0.322 e. The third kappa shape index (κ3) is 7.48. The molecule has 0 unspecified atom stereocenters. The van der Waals surface area contributed by atoms with Gasteiger partial charge in [-0.1, -0.05) is 46.0 Å². The molecule has 0 saturated heterocycles. The first-order chi connectivity index (χ1) is 9.76. The zero-order valence-electron chi connectivity index (χ0n) is 12.5. The highest BCUT2D eigenvalue weighted by atomic mass is 35.5. The minimum Gasteiger partial charge on any atom is -0.463 e. The van der Waals surface area contributed by atoms with Crippen LogP contribution in [0.5, 0.6) is 6.01 Å². The van der Waals surface area contributed by atoms with Crippen LogP contribution in [0.1, 0.15) is 58.8 Å². The molecule has 1 aromatic heterocycles. The fourth-order valence-electron chi connectivity index (χ4n) is 1.76. The topological polar surface area (TPSA) is 59.9 Å². The first kappa shape index (κ1) is 17.0. The lowest BCUT2D eigenvalue weighted by Gasteiger charge is -2.07. The molecule has 0 amide bonds. The Balaban J connectivity index is 2.26. The van der Waals surface area contributed by atoms with E-state index < -0.39 is 0 Å². The summed E-state index contributed by atoms with van der Waals surface area (Å²) in [6.07, 6.45) is 8.35. The van der Waals surface area contributed by atoms with E-state index in [4.69, 9.17) is 16.3 Å². The van der Waals surface area contributed by atoms with Gasteiger partial charge in [0.1, 0.15) is 0 Å². The van der Waals surface area contributed by atoms with Crippen molar-refractivity contribution in [2.24, 2.45) is 0 Å². The fraction of sp³-hybridized carbons (Fsp3) is 0.786. The highest BCUT2D eigenvalue weighted by Gasteiger charge is 2.05. The monoisotopic (exact) mass is 300 g/mol. The van der Waals surface area contributed by atoms with Crippen molar-refractivity contribution >= 4 is 17.5 Å². The Morgan fingerprint density at radius 1 is 0.950 bits per heavy atom. The molecule has 0 aliphatic heterocycles. The van der Waals surface area contributed by atoms with Crippen LogP contribution < -0.4 is 10.1 Å². The van der Waals surface area contributed by atoms with Crippen molar-refractivity contribution in [1.82, 2.24) is 15.0 Å². The molecule has 1 aromatic rings. The molecule has 6 heteroatoms. The molecule has 0 bridgehead atoms. The van der Waals surface area contributed by atoms with Crippen LogP contribution in [0, 0.1) is 0 Å². The quantitative estimate of drug-likeness (QED) is 0.624. The second-order valence-electron chi connectivity index (χ2n) is 4.75. The van der Waals surface area contributed by atoms with Crippen molar-refractivity contribution in [3.63, 3.8) is 0 Å². The summed E-state index contributed by atoms with van der Waals surface area (Å²) >= 11 is 5.84. The van der Waals surface area contributed by atoms with Gasteiger partial charge in [-0.25, -0.2) is 0 Å². The average Bonchev–Trinajstić information content (AvgIpc) is 2.43. The van der Waals surface area contributed by atoms with Gasteiger partial charge in [0.05, 0.1) is 6.61 Å². The minimum absolute atomic E-state index is 0.163. The van der Waals surface area contributed by atoms with Gasteiger partial charge in [0.15, 0.2) is 0 Å². The Labute approximate surface area is 126 Å². The number of halogens is 1. The van der Waals surface area contributed by atoms with Crippen LogP contribution in [0.15, 0.2) is 0 Å². The van der Waals surface area contributed by atoms with Crippen LogP contribution >= 0.6 is 11.6 Å². The van der Waals surface area contributed by atoms with E-state index in [9.17, 15) is 0 Å². The molecule has 5 nitrogen and oxygen atoms in total. The van der Waals surface area contributed by atoms with E-state index in [1.165, 1.54) is 32.1 Å². The molecular formula is C14H25ClN4O. The largest absolute Gasteiger partial charge is 0.463 e. The molecule has 0 fully saturated rings. The molecule has 0 aliphatic carbocycles. The van der Waals surface area contributed by atoms with Crippen molar-refractivity contribution < 1.29 is 4.74 Å². The summed E-state index contributed by atoms with van der Waals surface area (Å²) in [5.74, 6) is 0.477. The van der Waals surface area contributed by atoms with Gasteiger partial charge >= 0.3 is 6.01 Å². The van der Waals surface area contributed by atoms with Gasteiger partial charge in [0.25, 0.3) is 0 Å². The van der Waals surface area contributed by atoms with E-state index >= 15 is 0 Å². The third-order valence-corrected chi connectivity index (χ3v) is 3.02. The number of hydrogen-bond donors (Lipinski definition) is 1. The molecular weight excluding hydrogens is 276 g/mol. The lowest BCUT2D eigenvalue weighted by atomic mass is 10.1. The number of hydrogen-bond acceptors (Lipinski definition) is 5. The summed E-state index contributed by atoms with van der Waals surface area (Å²) in [6, 6.07) is 0.303. The van der Waals surface area contributed by atoms with Gasteiger partial charge in [0, 0.05) is 6.54 Å². The third-order valence-electron chi connectivity index (χ3n) is 2.85. The Kier molecular flexibility index (Phi) is 9.04. The maximum atomic E-state index is 5.84. The summed E-state index contributed by atoms with van der Waals surface area (Å²) in [5.41, 5.74) is 0. The predicted octanol–water partition coefficient (Wildman–Crippen LogP) is 4.09. The van der Waals surface area contributed by atoms with Crippen LogP contribution in [0.25, 0.3) is 0 Å². The van der Waals surface area contributed by atoms with Crippen molar-refractivity contribution in [3.05, 3.63) is 5.28 Å². The molecule has 0 atom stereocenters. The molecule has 0 saturated carbocycles. The second kappa shape index (κ2) is 10.7. The van der Waals surface area contributed by atoms with Crippen LogP contribution in [0.3, 0.4) is 0 Å². The lowest BCUT2D eigenvalue weighted by Crippen LogP contribution is -2.08. The van der Waals surface area contributed by atoms with Crippen LogP contribution in [0.2, 0.25) is 5.28 Å².